The average molecular weight is 384 g/mol. The molecular weight excluding hydrogens is 356 g/mol. The Morgan fingerprint density at radius 1 is 1.25 bits per heavy atom. The molecule has 0 amide bonds. The van der Waals surface area contributed by atoms with Crippen LogP contribution in [0.2, 0.25) is 0 Å². The second-order valence-electron chi connectivity index (χ2n) is 7.30. The monoisotopic (exact) mass is 384 g/mol. The van der Waals surface area contributed by atoms with Crippen LogP contribution in [0, 0.1) is 6.92 Å². The van der Waals surface area contributed by atoms with Gasteiger partial charge in [-0.15, -0.1) is 0 Å². The molecule has 1 aliphatic rings. The van der Waals surface area contributed by atoms with Crippen LogP contribution in [0.3, 0.4) is 0 Å². The van der Waals surface area contributed by atoms with Crippen LogP contribution in [0.15, 0.2) is 36.4 Å². The fraction of sp³-hybridized carbons (Fsp3) is 0.476. The summed E-state index contributed by atoms with van der Waals surface area (Å²) in [4.78, 5) is 24.3. The van der Waals surface area contributed by atoms with E-state index in [2.05, 4.69) is 14.9 Å². The van der Waals surface area contributed by atoms with Crippen molar-refractivity contribution in [2.24, 2.45) is 0 Å². The smallest absolute Gasteiger partial charge is 0.317 e. The van der Waals surface area contributed by atoms with Gasteiger partial charge in [-0.05, 0) is 38.8 Å². The van der Waals surface area contributed by atoms with Gasteiger partial charge in [0.05, 0.1) is 6.54 Å². The summed E-state index contributed by atoms with van der Waals surface area (Å²) >= 11 is 0. The number of carboxylic acids is 1. The van der Waals surface area contributed by atoms with Gasteiger partial charge in [0, 0.05) is 30.9 Å². The minimum absolute atomic E-state index is 0.0725. The van der Waals surface area contributed by atoms with Gasteiger partial charge in [-0.3, -0.25) is 9.69 Å². The Morgan fingerprint density at radius 2 is 2.04 bits per heavy atom. The van der Waals surface area contributed by atoms with Gasteiger partial charge >= 0.3 is 5.97 Å². The Kier molecular flexibility index (Phi) is 6.81. The van der Waals surface area contributed by atoms with E-state index in [0.29, 0.717) is 18.4 Å². The first-order chi connectivity index (χ1) is 13.5. The molecule has 1 aromatic carbocycles. The van der Waals surface area contributed by atoms with Crippen LogP contribution < -0.4 is 9.64 Å². The number of hydrogen-bond donors (Lipinski definition) is 1. The summed E-state index contributed by atoms with van der Waals surface area (Å²) in [6.07, 6.45) is 2.84. The first-order valence-electron chi connectivity index (χ1n) is 9.70. The van der Waals surface area contributed by atoms with Crippen molar-refractivity contribution in [1.29, 1.82) is 0 Å². The fourth-order valence-electron chi connectivity index (χ4n) is 3.53. The zero-order valence-electron chi connectivity index (χ0n) is 16.5. The quantitative estimate of drug-likeness (QED) is 0.786. The molecule has 1 aliphatic heterocycles. The molecule has 0 spiro atoms. The number of carbonyl (C=O) groups is 1. The van der Waals surface area contributed by atoms with Gasteiger partial charge in [0.2, 0.25) is 11.8 Å². The molecular formula is C21H28N4O3. The highest BCUT2D eigenvalue weighted by molar-refractivity contribution is 5.69. The van der Waals surface area contributed by atoms with E-state index in [1.165, 1.54) is 0 Å². The van der Waals surface area contributed by atoms with Gasteiger partial charge in [0.25, 0.3) is 0 Å². The van der Waals surface area contributed by atoms with Gasteiger partial charge in [-0.1, -0.05) is 30.3 Å². The van der Waals surface area contributed by atoms with Crippen LogP contribution in [0.5, 0.6) is 5.88 Å². The van der Waals surface area contributed by atoms with E-state index < -0.39 is 5.97 Å². The van der Waals surface area contributed by atoms with Crippen LogP contribution in [0.25, 0.3) is 0 Å². The van der Waals surface area contributed by atoms with Crippen LogP contribution >= 0.6 is 0 Å². The third-order valence-corrected chi connectivity index (χ3v) is 5.04. The maximum atomic E-state index is 11.0. The first kappa shape index (κ1) is 20.1. The molecule has 1 saturated heterocycles. The van der Waals surface area contributed by atoms with E-state index in [-0.39, 0.29) is 12.6 Å². The molecule has 0 bridgehead atoms. The van der Waals surface area contributed by atoms with Crippen LogP contribution in [0.4, 0.5) is 5.95 Å². The Hall–Kier alpha value is -2.67. The molecule has 3 rings (SSSR count). The average Bonchev–Trinajstić information content (AvgIpc) is 2.93. The van der Waals surface area contributed by atoms with Gasteiger partial charge in [0.15, 0.2) is 0 Å². The number of anilines is 1. The minimum atomic E-state index is -0.786. The highest BCUT2D eigenvalue weighted by Gasteiger charge is 2.23. The second kappa shape index (κ2) is 9.50. The number of hydrogen-bond acceptors (Lipinski definition) is 6. The molecule has 150 valence electrons. The van der Waals surface area contributed by atoms with E-state index in [4.69, 9.17) is 9.84 Å². The molecule has 0 aliphatic carbocycles. The fourth-order valence-corrected chi connectivity index (χ4v) is 3.53. The van der Waals surface area contributed by atoms with Crippen molar-refractivity contribution >= 4 is 11.9 Å². The predicted octanol–water partition coefficient (Wildman–Crippen LogP) is 2.74. The highest BCUT2D eigenvalue weighted by atomic mass is 16.5. The van der Waals surface area contributed by atoms with E-state index in [1.54, 1.807) is 0 Å². The lowest BCUT2D eigenvalue weighted by molar-refractivity contribution is -0.138. The molecule has 1 aromatic heterocycles. The second-order valence-corrected chi connectivity index (χ2v) is 7.30. The molecule has 1 atom stereocenters. The van der Waals surface area contributed by atoms with Crippen molar-refractivity contribution in [3.05, 3.63) is 47.7 Å². The molecule has 1 unspecified atom stereocenters. The van der Waals surface area contributed by atoms with E-state index in [0.717, 1.165) is 43.6 Å². The lowest BCUT2D eigenvalue weighted by Crippen LogP contribution is -2.36. The van der Waals surface area contributed by atoms with Crippen LogP contribution in [-0.2, 0) is 11.4 Å². The molecule has 7 heteroatoms. The molecule has 28 heavy (non-hydrogen) atoms. The summed E-state index contributed by atoms with van der Waals surface area (Å²) < 4.78 is 5.89. The molecule has 1 fully saturated rings. The van der Waals surface area contributed by atoms with Crippen LogP contribution in [0.1, 0.15) is 30.5 Å². The molecule has 1 N–H and O–H groups in total. The number of benzene rings is 1. The van der Waals surface area contributed by atoms with Crippen LogP contribution in [-0.4, -0.2) is 58.7 Å². The predicted molar refractivity (Wildman–Crippen MR) is 108 cm³/mol. The van der Waals surface area contributed by atoms with Crippen molar-refractivity contribution in [3.63, 3.8) is 0 Å². The standard InChI is InChI=1S/C21H28N4O3/c1-16-13-19(28-15-17-7-4-3-5-8-17)23-21(22-16)25-11-6-9-18(10-12-25)24(2)14-20(26)27/h3-5,7-8,13,18H,6,9-12,14-15H2,1-2H3,(H,26,27). The normalized spacial score (nSPS) is 17.4. The van der Waals surface area contributed by atoms with E-state index >= 15 is 0 Å². The summed E-state index contributed by atoms with van der Waals surface area (Å²) in [6.45, 7) is 4.15. The van der Waals surface area contributed by atoms with Gasteiger partial charge in [-0.2, -0.15) is 4.98 Å². The number of ether oxygens (including phenoxy) is 1. The van der Waals surface area contributed by atoms with Crippen molar-refractivity contribution < 1.29 is 14.6 Å². The van der Waals surface area contributed by atoms with Crippen molar-refractivity contribution in [3.8, 4) is 5.88 Å². The zero-order chi connectivity index (χ0) is 19.9. The summed E-state index contributed by atoms with van der Waals surface area (Å²) in [5.74, 6) is 0.477. The summed E-state index contributed by atoms with van der Waals surface area (Å²) in [7, 11) is 1.88. The number of rotatable bonds is 7. The molecule has 0 radical (unpaired) electrons. The highest BCUT2D eigenvalue weighted by Crippen LogP contribution is 2.22. The van der Waals surface area contributed by atoms with E-state index in [1.807, 2.05) is 55.3 Å². The van der Waals surface area contributed by atoms with Gasteiger partial charge in [-0.25, -0.2) is 4.98 Å². The minimum Gasteiger partial charge on any atom is -0.480 e. The zero-order valence-corrected chi connectivity index (χ0v) is 16.5. The Labute approximate surface area is 166 Å². The number of carboxylic acid groups (broad SMARTS) is 1. The van der Waals surface area contributed by atoms with Crippen molar-refractivity contribution in [2.75, 3.05) is 31.6 Å². The van der Waals surface area contributed by atoms with Gasteiger partial charge in [0.1, 0.15) is 6.61 Å². The molecule has 0 saturated carbocycles. The lowest BCUT2D eigenvalue weighted by Gasteiger charge is -2.25. The number of aryl methyl sites for hydroxylation is 1. The number of aromatic nitrogens is 2. The maximum Gasteiger partial charge on any atom is 0.317 e. The molecule has 7 nitrogen and oxygen atoms in total. The number of aliphatic carboxylic acids is 1. The van der Waals surface area contributed by atoms with Crippen molar-refractivity contribution in [1.82, 2.24) is 14.9 Å². The van der Waals surface area contributed by atoms with Gasteiger partial charge < -0.3 is 14.7 Å². The summed E-state index contributed by atoms with van der Waals surface area (Å²) in [6, 6.07) is 12.1. The number of likely N-dealkylation sites (N-methyl/N-ethyl adjacent to an activating group) is 1. The Morgan fingerprint density at radius 3 is 2.79 bits per heavy atom. The molecule has 2 heterocycles. The number of nitrogens with zero attached hydrogens (tertiary/aromatic N) is 4. The Bertz CT molecular complexity index is 784. The Balaban J connectivity index is 1.64. The first-order valence-corrected chi connectivity index (χ1v) is 9.70. The summed E-state index contributed by atoms with van der Waals surface area (Å²) in [5.41, 5.74) is 1.97. The third-order valence-electron chi connectivity index (χ3n) is 5.04. The largest absolute Gasteiger partial charge is 0.480 e. The SMILES string of the molecule is Cc1cc(OCc2ccccc2)nc(N2CCCC(N(C)CC(=O)O)CC2)n1. The third kappa shape index (κ3) is 5.66. The van der Waals surface area contributed by atoms with Crippen molar-refractivity contribution in [2.45, 2.75) is 38.8 Å². The summed E-state index contributed by atoms with van der Waals surface area (Å²) in [5, 5.41) is 9.02. The lowest BCUT2D eigenvalue weighted by atomic mass is 10.1. The topological polar surface area (TPSA) is 78.8 Å². The molecule has 2 aromatic rings. The van der Waals surface area contributed by atoms with E-state index in [9.17, 15) is 4.79 Å². The maximum absolute atomic E-state index is 11.0.